The third-order valence-electron chi connectivity index (χ3n) is 13.1. The Balaban J connectivity index is 0.000000197. The van der Waals surface area contributed by atoms with Gasteiger partial charge < -0.3 is 29.8 Å². The number of halogens is 8. The summed E-state index contributed by atoms with van der Waals surface area (Å²) in [5.74, 6) is -3.92. The van der Waals surface area contributed by atoms with Crippen LogP contribution in [0.5, 0.6) is 0 Å². The molecule has 2 aromatic heterocycles. The van der Waals surface area contributed by atoms with Gasteiger partial charge in [-0.2, -0.15) is 26.3 Å². The van der Waals surface area contributed by atoms with Crippen LogP contribution in [0.3, 0.4) is 0 Å². The number of carbonyl (C=O) groups excluding carboxylic acids is 2. The highest BCUT2D eigenvalue weighted by Gasteiger charge is 2.42. The largest absolute Gasteiger partial charge is 0.454 e. The zero-order chi connectivity index (χ0) is 47.3. The van der Waals surface area contributed by atoms with Gasteiger partial charge in [0.25, 0.3) is 11.6 Å². The van der Waals surface area contributed by atoms with Gasteiger partial charge in [-0.3, -0.25) is 9.59 Å². The predicted molar refractivity (Wildman–Crippen MR) is 237 cm³/mol. The number of aromatic amines is 2. The van der Waals surface area contributed by atoms with Gasteiger partial charge in [0, 0.05) is 47.9 Å². The van der Waals surface area contributed by atoms with Gasteiger partial charge in [0.05, 0.1) is 28.3 Å². The Bertz CT molecular complexity index is 2570. The number of aliphatic hydroxyl groups is 1. The molecule has 4 aromatic carbocycles. The van der Waals surface area contributed by atoms with E-state index in [2.05, 4.69) is 24.7 Å². The van der Waals surface area contributed by atoms with Crippen LogP contribution in [0.4, 0.5) is 35.1 Å². The first-order valence-corrected chi connectivity index (χ1v) is 22.1. The summed E-state index contributed by atoms with van der Waals surface area (Å²) in [5, 5.41) is 11.5. The van der Waals surface area contributed by atoms with Gasteiger partial charge in [-0.1, -0.05) is 60.7 Å². The van der Waals surface area contributed by atoms with E-state index >= 15 is 0 Å². The van der Waals surface area contributed by atoms with Gasteiger partial charge in [-0.05, 0) is 132 Å². The maximum atomic E-state index is 13.1. The van der Waals surface area contributed by atoms with Crippen molar-refractivity contribution in [3.05, 3.63) is 142 Å². The lowest BCUT2D eigenvalue weighted by atomic mass is 9.83. The molecule has 0 saturated carbocycles. The van der Waals surface area contributed by atoms with Crippen molar-refractivity contribution in [3.8, 4) is 0 Å². The number of carbonyl (C=O) groups is 2. The van der Waals surface area contributed by atoms with Crippen LogP contribution in [0.15, 0.2) is 97.3 Å². The Labute approximate surface area is 377 Å². The molecule has 0 amide bonds. The lowest BCUT2D eigenvalue weighted by molar-refractivity contribution is -0.0887. The molecule has 3 N–H and O–H groups in total. The molecule has 66 heavy (non-hydrogen) atoms. The average Bonchev–Trinajstić information content (AvgIpc) is 3.94. The summed E-state index contributed by atoms with van der Waals surface area (Å²) >= 11 is 0. The van der Waals surface area contributed by atoms with Gasteiger partial charge in [0.15, 0.2) is 0 Å². The summed E-state index contributed by atoms with van der Waals surface area (Å²) in [6.07, 6.45) is -3.39. The van der Waals surface area contributed by atoms with E-state index in [9.17, 15) is 49.8 Å². The number of para-hydroxylation sites is 2. The third kappa shape index (κ3) is 11.4. The van der Waals surface area contributed by atoms with Gasteiger partial charge in [0.1, 0.15) is 11.6 Å². The standard InChI is InChI=1S/C26H29F4N3O.C24H24F4N2O2/c1-32(2)24(18-11-14-33(15-12-18)13-10-17-6-8-19(27)9-7-17)21-5-3-4-20-22(16-31-23(20)21)25(34)26(28,29)30;25-17-6-4-15(5-7-17)8-11-30-12-9-16(10-13-30)22(31)19-3-1-2-18-20(14-29-21(18)19)23(32)24(26,27)28/h3-9,16,18,24,31H,10-15H2,1-2H3;1-7,14,16,22,29,31H,8-13H2. The zero-order valence-electron chi connectivity index (χ0n) is 36.7. The molecule has 0 aliphatic carbocycles. The number of hydrogen-bond donors (Lipinski definition) is 3. The van der Waals surface area contributed by atoms with Crippen LogP contribution < -0.4 is 0 Å². The molecule has 2 fully saturated rings. The second kappa shape index (κ2) is 20.6. The van der Waals surface area contributed by atoms with Crippen molar-refractivity contribution in [2.24, 2.45) is 11.8 Å². The number of H-pyrrole nitrogens is 2. The fourth-order valence-corrected chi connectivity index (χ4v) is 9.60. The molecule has 0 spiro atoms. The van der Waals surface area contributed by atoms with E-state index in [1.807, 2.05) is 32.3 Å². The SMILES string of the molecule is CN(C)C(c1cccc2c(C(=O)C(F)(F)F)c[nH]c12)C1CCN(CCc2ccc(F)cc2)CC1.O=C(c1c[nH]c2c(C(O)C3CCN(CCc4ccc(F)cc4)CC3)cccc12)C(F)(F)F. The maximum Gasteiger partial charge on any atom is 0.454 e. The quantitative estimate of drug-likeness (QED) is 0.0789. The van der Waals surface area contributed by atoms with Crippen molar-refractivity contribution < 1.29 is 49.8 Å². The first-order valence-electron chi connectivity index (χ1n) is 22.1. The molecule has 16 heteroatoms. The smallest absolute Gasteiger partial charge is 0.388 e. The molecule has 2 aliphatic rings. The van der Waals surface area contributed by atoms with E-state index in [-0.39, 0.29) is 34.5 Å². The van der Waals surface area contributed by atoms with Crippen molar-refractivity contribution in [2.45, 2.75) is 63.0 Å². The molecule has 2 saturated heterocycles. The number of hydrogen-bond acceptors (Lipinski definition) is 6. The second-order valence-electron chi connectivity index (χ2n) is 17.6. The molecule has 352 valence electrons. The summed E-state index contributed by atoms with van der Waals surface area (Å²) in [6.45, 7) is 5.18. The van der Waals surface area contributed by atoms with E-state index < -0.39 is 35.6 Å². The van der Waals surface area contributed by atoms with E-state index in [1.165, 1.54) is 36.5 Å². The van der Waals surface area contributed by atoms with Gasteiger partial charge >= 0.3 is 12.4 Å². The van der Waals surface area contributed by atoms with Crippen molar-refractivity contribution in [1.29, 1.82) is 0 Å². The lowest BCUT2D eigenvalue weighted by Crippen LogP contribution is -2.39. The minimum Gasteiger partial charge on any atom is -0.388 e. The number of ketones is 2. The van der Waals surface area contributed by atoms with Crippen LogP contribution in [0, 0.1) is 23.5 Å². The molecule has 8 rings (SSSR count). The molecule has 2 aliphatic heterocycles. The number of nitrogens with one attached hydrogen (secondary N) is 2. The fourth-order valence-electron chi connectivity index (χ4n) is 9.60. The lowest BCUT2D eigenvalue weighted by Gasteiger charge is -2.39. The Morgan fingerprint density at radius 1 is 0.621 bits per heavy atom. The molecule has 2 atom stereocenters. The fraction of sp³-hybridized carbons (Fsp3) is 0.400. The third-order valence-corrected chi connectivity index (χ3v) is 13.1. The van der Waals surface area contributed by atoms with Crippen molar-refractivity contribution in [3.63, 3.8) is 0 Å². The van der Waals surface area contributed by atoms with E-state index in [0.717, 1.165) is 101 Å². The minimum absolute atomic E-state index is 0.00966. The predicted octanol–water partition coefficient (Wildman–Crippen LogP) is 10.6. The van der Waals surface area contributed by atoms with Crippen molar-refractivity contribution in [2.75, 3.05) is 53.4 Å². The minimum atomic E-state index is -4.95. The van der Waals surface area contributed by atoms with Gasteiger partial charge in [-0.25, -0.2) is 8.78 Å². The average molecular weight is 924 g/mol. The number of likely N-dealkylation sites (tertiary alicyclic amines) is 2. The van der Waals surface area contributed by atoms with Gasteiger partial charge in [0.2, 0.25) is 0 Å². The highest BCUT2D eigenvalue weighted by Crippen LogP contribution is 2.40. The van der Waals surface area contributed by atoms with Crippen molar-refractivity contribution in [1.82, 2.24) is 24.7 Å². The Morgan fingerprint density at radius 3 is 1.42 bits per heavy atom. The van der Waals surface area contributed by atoms with Gasteiger partial charge in [-0.15, -0.1) is 0 Å². The molecule has 0 bridgehead atoms. The molecular formula is C50H53F8N5O3. The number of aromatic nitrogens is 2. The number of alkyl halides is 6. The second-order valence-corrected chi connectivity index (χ2v) is 17.6. The van der Waals surface area contributed by atoms with Crippen LogP contribution in [0.2, 0.25) is 0 Å². The molecule has 4 heterocycles. The van der Waals surface area contributed by atoms with E-state index in [4.69, 9.17) is 0 Å². The summed E-state index contributed by atoms with van der Waals surface area (Å²) in [7, 11) is 3.96. The topological polar surface area (TPSA) is 95.7 Å². The van der Waals surface area contributed by atoms with E-state index in [0.29, 0.717) is 27.9 Å². The zero-order valence-corrected chi connectivity index (χ0v) is 36.7. The van der Waals surface area contributed by atoms with Crippen LogP contribution in [0.1, 0.15) is 80.8 Å². The number of benzene rings is 4. The number of piperidine rings is 2. The number of fused-ring (bicyclic) bond motifs is 2. The summed E-state index contributed by atoms with van der Waals surface area (Å²) in [4.78, 5) is 36.1. The maximum absolute atomic E-state index is 13.1. The number of Topliss-reactive ketones (excluding diaryl/α,β-unsaturated/α-hetero) is 2. The summed E-state index contributed by atoms with van der Waals surface area (Å²) in [5.41, 5.74) is 3.78. The van der Waals surface area contributed by atoms with Crippen LogP contribution >= 0.6 is 0 Å². The Kier molecular flexibility index (Phi) is 15.2. The summed E-state index contributed by atoms with van der Waals surface area (Å²) in [6, 6.07) is 23.0. The highest BCUT2D eigenvalue weighted by molar-refractivity contribution is 6.11. The van der Waals surface area contributed by atoms with Crippen LogP contribution in [-0.2, 0) is 12.8 Å². The molecule has 6 aromatic rings. The van der Waals surface area contributed by atoms with Crippen molar-refractivity contribution >= 4 is 33.4 Å². The molecule has 2 unspecified atom stereocenters. The number of rotatable bonds is 13. The molecule has 0 radical (unpaired) electrons. The Hall–Kier alpha value is -5.42. The monoisotopic (exact) mass is 923 g/mol. The summed E-state index contributed by atoms with van der Waals surface area (Å²) < 4.78 is 104. The first kappa shape index (κ1) is 48.5. The number of nitrogens with zero attached hydrogens (tertiary/aromatic N) is 3. The van der Waals surface area contributed by atoms with E-state index in [1.54, 1.807) is 36.4 Å². The van der Waals surface area contributed by atoms with Crippen LogP contribution in [0.25, 0.3) is 21.8 Å². The van der Waals surface area contributed by atoms with Crippen LogP contribution in [-0.4, -0.2) is 107 Å². The first-order chi connectivity index (χ1) is 31.4. The highest BCUT2D eigenvalue weighted by atomic mass is 19.4. The molecular weight excluding hydrogens is 871 g/mol. The molecule has 8 nitrogen and oxygen atoms in total. The Morgan fingerprint density at radius 2 is 1.02 bits per heavy atom. The normalized spacial score (nSPS) is 17.0. The number of aliphatic hydroxyl groups excluding tert-OH is 1.